The number of phenols is 1. The summed E-state index contributed by atoms with van der Waals surface area (Å²) in [7, 11) is 0. The fourth-order valence-electron chi connectivity index (χ4n) is 4.57. The number of aromatic hydroxyl groups is 1. The summed E-state index contributed by atoms with van der Waals surface area (Å²) >= 11 is 0. The van der Waals surface area contributed by atoms with Crippen molar-refractivity contribution in [2.45, 2.75) is 32.0 Å². The molecule has 0 radical (unpaired) electrons. The molecule has 33 heavy (non-hydrogen) atoms. The minimum Gasteiger partial charge on any atom is -0.508 e. The molecule has 3 N–H and O–H groups in total. The summed E-state index contributed by atoms with van der Waals surface area (Å²) in [6.07, 6.45) is 4.84. The molecule has 3 aromatic rings. The van der Waals surface area contributed by atoms with Gasteiger partial charge in [-0.05, 0) is 35.2 Å². The fourth-order valence-corrected chi connectivity index (χ4v) is 4.57. The first-order chi connectivity index (χ1) is 15.9. The lowest BCUT2D eigenvalue weighted by Gasteiger charge is -2.32. The lowest BCUT2D eigenvalue weighted by atomic mass is 9.88. The van der Waals surface area contributed by atoms with Crippen molar-refractivity contribution in [3.8, 4) is 16.9 Å². The Morgan fingerprint density at radius 3 is 2.64 bits per heavy atom. The maximum atomic E-state index is 13.1. The zero-order valence-corrected chi connectivity index (χ0v) is 18.3. The second-order valence-corrected chi connectivity index (χ2v) is 8.54. The molecule has 2 aromatic carbocycles. The maximum absolute atomic E-state index is 13.1. The van der Waals surface area contributed by atoms with Crippen molar-refractivity contribution in [3.05, 3.63) is 83.9 Å². The van der Waals surface area contributed by atoms with E-state index < -0.39 is 5.54 Å². The number of carbonyl (C=O) groups excluding carboxylic acids is 2. The van der Waals surface area contributed by atoms with Gasteiger partial charge in [0.1, 0.15) is 5.75 Å². The van der Waals surface area contributed by atoms with Gasteiger partial charge in [0.05, 0.1) is 18.6 Å². The second-order valence-electron chi connectivity index (χ2n) is 8.54. The summed E-state index contributed by atoms with van der Waals surface area (Å²) in [5, 5.41) is 20.1. The lowest BCUT2D eigenvalue weighted by molar-refractivity contribution is -0.124. The smallest absolute Gasteiger partial charge is 0.257 e. The molecule has 168 valence electrons. The standard InChI is InChI=1S/C25H25N5O3/c1-3-10-30-14-19(12-26-30)17-4-7-20(8-5-17)25(24(33)27-16(2)28-25)15-29-13-18-6-9-21(31)11-22(18)23(29)32/h4-9,11-12,14,28,31H,2-3,10,13,15H2,1H3,(H,27,33)/t25-/m0/s1. The summed E-state index contributed by atoms with van der Waals surface area (Å²) in [5.41, 5.74) is 2.85. The Morgan fingerprint density at radius 2 is 1.94 bits per heavy atom. The zero-order valence-electron chi connectivity index (χ0n) is 18.3. The molecule has 2 aliphatic rings. The van der Waals surface area contributed by atoms with Gasteiger partial charge in [0.25, 0.3) is 11.8 Å². The molecule has 8 heteroatoms. The number of hydrogen-bond acceptors (Lipinski definition) is 5. The topological polar surface area (TPSA) is 99.5 Å². The van der Waals surface area contributed by atoms with Crippen molar-refractivity contribution in [1.29, 1.82) is 0 Å². The highest BCUT2D eigenvalue weighted by molar-refractivity contribution is 6.00. The predicted octanol–water partition coefficient (Wildman–Crippen LogP) is 2.71. The van der Waals surface area contributed by atoms with Gasteiger partial charge in [-0.25, -0.2) is 0 Å². The number of aryl methyl sites for hydroxylation is 1. The molecule has 0 spiro atoms. The van der Waals surface area contributed by atoms with Crippen molar-refractivity contribution in [2.24, 2.45) is 0 Å². The lowest BCUT2D eigenvalue weighted by Crippen LogP contribution is -2.52. The van der Waals surface area contributed by atoms with Crippen LogP contribution in [0.2, 0.25) is 0 Å². The average Bonchev–Trinajstić information content (AvgIpc) is 3.46. The van der Waals surface area contributed by atoms with Crippen LogP contribution in [0.15, 0.2) is 67.3 Å². The van der Waals surface area contributed by atoms with E-state index in [0.29, 0.717) is 17.9 Å². The largest absolute Gasteiger partial charge is 0.508 e. The van der Waals surface area contributed by atoms with Crippen LogP contribution in [0.3, 0.4) is 0 Å². The molecule has 0 unspecified atom stereocenters. The minimum atomic E-state index is -1.16. The second kappa shape index (κ2) is 7.81. The van der Waals surface area contributed by atoms with E-state index in [-0.39, 0.29) is 24.1 Å². The SMILES string of the molecule is C=C1NC(=O)[C@](CN2Cc3ccc(O)cc3C2=O)(c2ccc(-c3cnn(CCC)c3)cc2)N1. The molecule has 2 aliphatic heterocycles. The van der Waals surface area contributed by atoms with Gasteiger partial charge in [0.15, 0.2) is 5.54 Å². The molecule has 1 saturated heterocycles. The number of aromatic nitrogens is 2. The van der Waals surface area contributed by atoms with Crippen molar-refractivity contribution in [1.82, 2.24) is 25.3 Å². The monoisotopic (exact) mass is 443 g/mol. The number of nitrogens with one attached hydrogen (secondary N) is 2. The van der Waals surface area contributed by atoms with Gasteiger partial charge in [-0.3, -0.25) is 14.3 Å². The van der Waals surface area contributed by atoms with Crippen LogP contribution in [-0.4, -0.2) is 38.1 Å². The highest BCUT2D eigenvalue weighted by Gasteiger charge is 2.48. The Morgan fingerprint density at radius 1 is 1.15 bits per heavy atom. The Kier molecular flexibility index (Phi) is 4.92. The molecule has 0 aliphatic carbocycles. The van der Waals surface area contributed by atoms with E-state index in [9.17, 15) is 14.7 Å². The van der Waals surface area contributed by atoms with Crippen LogP contribution >= 0.6 is 0 Å². The summed E-state index contributed by atoms with van der Waals surface area (Å²) in [4.78, 5) is 27.8. The van der Waals surface area contributed by atoms with Gasteiger partial charge >= 0.3 is 0 Å². The number of hydrogen-bond donors (Lipinski definition) is 3. The summed E-state index contributed by atoms with van der Waals surface area (Å²) in [5.74, 6) is -0.0386. The fraction of sp³-hybridized carbons (Fsp3) is 0.240. The first kappa shape index (κ1) is 20.8. The molecule has 1 atom stereocenters. The summed E-state index contributed by atoms with van der Waals surface area (Å²) in [6.45, 7) is 7.32. The van der Waals surface area contributed by atoms with Gasteiger partial charge in [-0.15, -0.1) is 0 Å². The molecule has 5 rings (SSSR count). The van der Waals surface area contributed by atoms with Gasteiger partial charge in [0.2, 0.25) is 0 Å². The number of benzene rings is 2. The number of amides is 2. The molecule has 1 fully saturated rings. The van der Waals surface area contributed by atoms with Crippen LogP contribution in [0.4, 0.5) is 0 Å². The van der Waals surface area contributed by atoms with E-state index in [1.165, 1.54) is 6.07 Å². The molecular formula is C25H25N5O3. The first-order valence-electron chi connectivity index (χ1n) is 10.9. The Bertz CT molecular complexity index is 1260. The van der Waals surface area contributed by atoms with Crippen LogP contribution in [0.25, 0.3) is 11.1 Å². The van der Waals surface area contributed by atoms with Crippen LogP contribution in [0, 0.1) is 0 Å². The normalized spacial score (nSPS) is 19.5. The van der Waals surface area contributed by atoms with Crippen molar-refractivity contribution in [2.75, 3.05) is 6.54 Å². The van der Waals surface area contributed by atoms with E-state index in [0.717, 1.165) is 35.2 Å². The first-order valence-corrected chi connectivity index (χ1v) is 10.9. The van der Waals surface area contributed by atoms with Crippen LogP contribution in [0.5, 0.6) is 5.75 Å². The molecule has 0 saturated carbocycles. The van der Waals surface area contributed by atoms with Gasteiger partial charge < -0.3 is 20.6 Å². The summed E-state index contributed by atoms with van der Waals surface area (Å²) in [6, 6.07) is 12.5. The van der Waals surface area contributed by atoms with Crippen molar-refractivity contribution >= 4 is 11.8 Å². The van der Waals surface area contributed by atoms with Gasteiger partial charge in [-0.2, -0.15) is 5.10 Å². The molecule has 2 amide bonds. The molecule has 8 nitrogen and oxygen atoms in total. The molecular weight excluding hydrogens is 418 g/mol. The van der Waals surface area contributed by atoms with Crippen LogP contribution in [0.1, 0.15) is 34.8 Å². The Labute approximate surface area is 191 Å². The van der Waals surface area contributed by atoms with E-state index >= 15 is 0 Å². The zero-order chi connectivity index (χ0) is 23.2. The Balaban J connectivity index is 1.45. The predicted molar refractivity (Wildman–Crippen MR) is 123 cm³/mol. The van der Waals surface area contributed by atoms with E-state index in [1.54, 1.807) is 17.0 Å². The van der Waals surface area contributed by atoms with Crippen LogP contribution in [-0.2, 0) is 23.4 Å². The highest BCUT2D eigenvalue weighted by Crippen LogP contribution is 2.34. The quantitative estimate of drug-likeness (QED) is 0.544. The number of rotatable bonds is 6. The summed E-state index contributed by atoms with van der Waals surface area (Å²) < 4.78 is 1.91. The van der Waals surface area contributed by atoms with Crippen molar-refractivity contribution < 1.29 is 14.7 Å². The number of fused-ring (bicyclic) bond motifs is 1. The minimum absolute atomic E-state index is 0.0432. The number of phenolic OH excluding ortho intramolecular Hbond substituents is 1. The maximum Gasteiger partial charge on any atom is 0.257 e. The van der Waals surface area contributed by atoms with Gasteiger partial charge in [-0.1, -0.05) is 43.8 Å². The van der Waals surface area contributed by atoms with Crippen LogP contribution < -0.4 is 10.6 Å². The Hall–Kier alpha value is -4.07. The van der Waals surface area contributed by atoms with E-state index in [4.69, 9.17) is 0 Å². The average molecular weight is 444 g/mol. The van der Waals surface area contributed by atoms with Gasteiger partial charge in [0, 0.05) is 30.4 Å². The third-order valence-corrected chi connectivity index (χ3v) is 6.21. The molecule has 3 heterocycles. The molecule has 0 bridgehead atoms. The van der Waals surface area contributed by atoms with Crippen molar-refractivity contribution in [3.63, 3.8) is 0 Å². The highest BCUT2D eigenvalue weighted by atomic mass is 16.3. The van der Waals surface area contributed by atoms with E-state index in [1.807, 2.05) is 41.3 Å². The number of nitrogens with zero attached hydrogens (tertiary/aromatic N) is 3. The number of carbonyl (C=O) groups is 2. The third kappa shape index (κ3) is 3.53. The van der Waals surface area contributed by atoms with E-state index in [2.05, 4.69) is 29.2 Å². The third-order valence-electron chi connectivity index (χ3n) is 6.21. The molecule has 1 aromatic heterocycles.